The maximum absolute atomic E-state index is 7.36. The molecule has 0 radical (unpaired) electrons. The molecule has 1 atom stereocenters. The number of rotatable bonds is 4. The monoisotopic (exact) mass is 481 g/mol. The van der Waals surface area contributed by atoms with Gasteiger partial charge in [-0.05, 0) is 69.0 Å². The summed E-state index contributed by atoms with van der Waals surface area (Å²) in [6.07, 6.45) is 6.41. The fourth-order valence-corrected chi connectivity index (χ4v) is 6.80. The molecule has 1 aliphatic carbocycles. The first-order chi connectivity index (χ1) is 18.3. The van der Waals surface area contributed by atoms with Crippen molar-refractivity contribution >= 4 is 34.1 Å². The van der Waals surface area contributed by atoms with Crippen molar-refractivity contribution in [3.05, 3.63) is 126 Å². The van der Waals surface area contributed by atoms with Crippen molar-refractivity contribution in [3.63, 3.8) is 0 Å². The minimum atomic E-state index is -0.587. The summed E-state index contributed by atoms with van der Waals surface area (Å²) < 4.78 is 7.36. The molecule has 0 bridgehead atoms. The molecule has 2 aliphatic rings. The molecular weight excluding hydrogens is 449 g/mol. The highest BCUT2D eigenvalue weighted by Gasteiger charge is 2.55. The van der Waals surface area contributed by atoms with Crippen LogP contribution in [0.2, 0.25) is 0 Å². The predicted octanol–water partition coefficient (Wildman–Crippen LogP) is 7.20. The average molecular weight is 481 g/mol. The standard InChI is InChI=1S/C34H32BNO/c1-3-13-27(14-4-1)33-34(37-35(36-33)32-17-5-2-6-18-32,30-21-19-25-11-7-9-15-28(25)23-30)31-22-20-26-12-8-10-16-29(26)24-31/h2,5-12,15-24,27,33,36H,1,3-4,13-14H2/t33-/m1/s1. The van der Waals surface area contributed by atoms with Crippen LogP contribution >= 0.6 is 0 Å². The van der Waals surface area contributed by atoms with Crippen LogP contribution in [0.25, 0.3) is 21.5 Å². The Hall–Kier alpha value is -3.40. The van der Waals surface area contributed by atoms with E-state index in [2.05, 4.69) is 120 Å². The van der Waals surface area contributed by atoms with Gasteiger partial charge in [-0.25, -0.2) is 0 Å². The summed E-state index contributed by atoms with van der Waals surface area (Å²) in [6, 6.07) is 42.1. The molecule has 2 fully saturated rings. The second kappa shape index (κ2) is 9.48. The second-order valence-electron chi connectivity index (χ2n) is 10.8. The molecule has 1 saturated heterocycles. The summed E-state index contributed by atoms with van der Waals surface area (Å²) in [5, 5.41) is 9.08. The normalized spacial score (nSPS) is 20.0. The second-order valence-corrected chi connectivity index (χ2v) is 10.8. The number of fused-ring (bicyclic) bond motifs is 2. The van der Waals surface area contributed by atoms with E-state index in [0.29, 0.717) is 5.92 Å². The first-order valence-corrected chi connectivity index (χ1v) is 13.8. The lowest BCUT2D eigenvalue weighted by Crippen LogP contribution is -2.49. The Balaban J connectivity index is 1.47. The Kier molecular flexibility index (Phi) is 5.84. The van der Waals surface area contributed by atoms with Gasteiger partial charge in [0.2, 0.25) is 0 Å². The molecule has 5 aromatic carbocycles. The predicted molar refractivity (Wildman–Crippen MR) is 155 cm³/mol. The highest BCUT2D eigenvalue weighted by Crippen LogP contribution is 2.47. The van der Waals surface area contributed by atoms with Crippen LogP contribution in [0.1, 0.15) is 43.2 Å². The zero-order valence-electron chi connectivity index (χ0n) is 21.1. The van der Waals surface area contributed by atoms with E-state index in [9.17, 15) is 0 Å². The lowest BCUT2D eigenvalue weighted by atomic mass is 9.70. The van der Waals surface area contributed by atoms with E-state index in [1.807, 2.05) is 0 Å². The third-order valence-electron chi connectivity index (χ3n) is 8.65. The minimum Gasteiger partial charge on any atom is -0.402 e. The first kappa shape index (κ1) is 22.8. The van der Waals surface area contributed by atoms with Gasteiger partial charge in [0.1, 0.15) is 5.60 Å². The molecule has 2 nitrogen and oxygen atoms in total. The molecule has 7 rings (SSSR count). The summed E-state index contributed by atoms with van der Waals surface area (Å²) in [5.74, 6) is 0.556. The van der Waals surface area contributed by atoms with E-state index in [4.69, 9.17) is 4.65 Å². The topological polar surface area (TPSA) is 21.3 Å². The van der Waals surface area contributed by atoms with Gasteiger partial charge in [0.15, 0.2) is 0 Å². The Morgan fingerprint density at radius 1 is 0.595 bits per heavy atom. The van der Waals surface area contributed by atoms with Crippen molar-refractivity contribution in [1.29, 1.82) is 0 Å². The van der Waals surface area contributed by atoms with Crippen LogP contribution in [-0.2, 0) is 10.3 Å². The van der Waals surface area contributed by atoms with Gasteiger partial charge < -0.3 is 9.88 Å². The Bertz CT molecular complexity index is 1460. The highest BCUT2D eigenvalue weighted by atomic mass is 16.5. The van der Waals surface area contributed by atoms with Gasteiger partial charge >= 0.3 is 7.05 Å². The maximum Gasteiger partial charge on any atom is 0.417 e. The number of benzene rings is 5. The zero-order chi connectivity index (χ0) is 24.7. The fourth-order valence-electron chi connectivity index (χ4n) is 6.80. The summed E-state index contributed by atoms with van der Waals surface area (Å²) in [7, 11) is -0.161. The number of hydrogen-bond donors (Lipinski definition) is 1. The van der Waals surface area contributed by atoms with Gasteiger partial charge in [0.05, 0.1) is 0 Å². The fraction of sp³-hybridized carbons (Fsp3) is 0.235. The van der Waals surface area contributed by atoms with Gasteiger partial charge in [-0.2, -0.15) is 0 Å². The van der Waals surface area contributed by atoms with Crippen molar-refractivity contribution in [2.75, 3.05) is 0 Å². The quantitative estimate of drug-likeness (QED) is 0.274. The molecule has 0 spiro atoms. The Labute approximate surface area is 219 Å². The molecule has 0 unspecified atom stereocenters. The third kappa shape index (κ3) is 3.98. The Morgan fingerprint density at radius 3 is 1.73 bits per heavy atom. The smallest absolute Gasteiger partial charge is 0.402 e. The van der Waals surface area contributed by atoms with E-state index < -0.39 is 5.60 Å². The summed E-state index contributed by atoms with van der Waals surface area (Å²) in [4.78, 5) is 0. The van der Waals surface area contributed by atoms with Gasteiger partial charge in [0.25, 0.3) is 0 Å². The number of hydrogen-bond acceptors (Lipinski definition) is 2. The van der Waals surface area contributed by atoms with Gasteiger partial charge in [-0.15, -0.1) is 0 Å². The van der Waals surface area contributed by atoms with Crippen molar-refractivity contribution in [2.45, 2.75) is 43.7 Å². The molecule has 0 aromatic heterocycles. The molecule has 1 heterocycles. The lowest BCUT2D eigenvalue weighted by Gasteiger charge is -2.41. The van der Waals surface area contributed by atoms with Crippen LogP contribution in [0.3, 0.4) is 0 Å². The van der Waals surface area contributed by atoms with Crippen molar-refractivity contribution < 1.29 is 4.65 Å². The molecular formula is C34H32BNO. The summed E-state index contributed by atoms with van der Waals surface area (Å²) in [5.41, 5.74) is 3.08. The Morgan fingerprint density at radius 2 is 1.14 bits per heavy atom. The largest absolute Gasteiger partial charge is 0.417 e. The lowest BCUT2D eigenvalue weighted by molar-refractivity contribution is 0.0786. The van der Waals surface area contributed by atoms with E-state index in [1.165, 1.54) is 70.2 Å². The molecule has 0 amide bonds. The molecule has 1 saturated carbocycles. The molecule has 1 N–H and O–H groups in total. The van der Waals surface area contributed by atoms with Crippen LogP contribution in [0.15, 0.2) is 115 Å². The molecule has 5 aromatic rings. The van der Waals surface area contributed by atoms with Crippen LogP contribution in [0.5, 0.6) is 0 Å². The van der Waals surface area contributed by atoms with Crippen LogP contribution < -0.4 is 10.7 Å². The summed E-state index contributed by atoms with van der Waals surface area (Å²) in [6.45, 7) is 0. The molecule has 182 valence electrons. The molecule has 37 heavy (non-hydrogen) atoms. The average Bonchev–Trinajstić information content (AvgIpc) is 3.39. The number of nitrogens with one attached hydrogen (secondary N) is 1. The van der Waals surface area contributed by atoms with Crippen LogP contribution in [0.4, 0.5) is 0 Å². The molecule has 3 heteroatoms. The van der Waals surface area contributed by atoms with Gasteiger partial charge in [-0.3, -0.25) is 0 Å². The van der Waals surface area contributed by atoms with Crippen LogP contribution in [0, 0.1) is 5.92 Å². The van der Waals surface area contributed by atoms with Crippen molar-refractivity contribution in [2.24, 2.45) is 5.92 Å². The van der Waals surface area contributed by atoms with E-state index >= 15 is 0 Å². The van der Waals surface area contributed by atoms with E-state index in [0.717, 1.165) is 0 Å². The van der Waals surface area contributed by atoms with Crippen molar-refractivity contribution in [1.82, 2.24) is 5.23 Å². The van der Waals surface area contributed by atoms with Gasteiger partial charge in [-0.1, -0.05) is 122 Å². The first-order valence-electron chi connectivity index (χ1n) is 13.8. The van der Waals surface area contributed by atoms with Crippen molar-refractivity contribution in [3.8, 4) is 0 Å². The van der Waals surface area contributed by atoms with Gasteiger partial charge in [0, 0.05) is 6.04 Å². The van der Waals surface area contributed by atoms with E-state index in [-0.39, 0.29) is 13.1 Å². The molecule has 1 aliphatic heterocycles. The zero-order valence-corrected chi connectivity index (χ0v) is 21.1. The minimum absolute atomic E-state index is 0.161. The highest BCUT2D eigenvalue weighted by molar-refractivity contribution is 6.65. The SMILES string of the molecule is c1ccc(B2N[C@H](C3CCCCC3)C(c3ccc4ccccc4c3)(c3ccc4ccccc4c3)O2)cc1. The third-order valence-corrected chi connectivity index (χ3v) is 8.65. The van der Waals surface area contributed by atoms with E-state index in [1.54, 1.807) is 0 Å². The van der Waals surface area contributed by atoms with Crippen LogP contribution in [-0.4, -0.2) is 13.1 Å². The summed E-state index contributed by atoms with van der Waals surface area (Å²) >= 11 is 0. The maximum atomic E-state index is 7.36.